The summed E-state index contributed by atoms with van der Waals surface area (Å²) < 4.78 is 14.2. The second kappa shape index (κ2) is 4.63. The van der Waals surface area contributed by atoms with E-state index in [1.165, 1.54) is 24.4 Å². The van der Waals surface area contributed by atoms with Gasteiger partial charge in [0.1, 0.15) is 11.6 Å². The Hall–Kier alpha value is -1.75. The summed E-state index contributed by atoms with van der Waals surface area (Å²) in [5.74, 6) is -0.965. The Labute approximate surface area is 106 Å². The van der Waals surface area contributed by atoms with Gasteiger partial charge in [-0.3, -0.25) is 4.79 Å². The van der Waals surface area contributed by atoms with Gasteiger partial charge in [-0.05, 0) is 30.3 Å². The van der Waals surface area contributed by atoms with Crippen molar-refractivity contribution in [1.82, 2.24) is 4.98 Å². The monoisotopic (exact) mass is 294 g/mol. The lowest BCUT2D eigenvalue weighted by Crippen LogP contribution is -2.08. The maximum Gasteiger partial charge on any atom is 0.199 e. The zero-order valence-electron chi connectivity index (χ0n) is 8.65. The van der Waals surface area contributed by atoms with Gasteiger partial charge in [-0.1, -0.05) is 15.9 Å². The highest BCUT2D eigenvalue weighted by molar-refractivity contribution is 9.10. The van der Waals surface area contributed by atoms with Crippen LogP contribution in [-0.4, -0.2) is 10.8 Å². The molecule has 5 heteroatoms. The molecule has 0 atom stereocenters. The molecular formula is C12H8BrFN2O. The molecule has 0 fully saturated rings. The van der Waals surface area contributed by atoms with Crippen molar-refractivity contribution in [2.24, 2.45) is 0 Å². The molecule has 2 aromatic rings. The van der Waals surface area contributed by atoms with Gasteiger partial charge < -0.3 is 5.73 Å². The van der Waals surface area contributed by atoms with Crippen molar-refractivity contribution in [1.29, 1.82) is 0 Å². The molecule has 2 N–H and O–H groups in total. The van der Waals surface area contributed by atoms with Crippen molar-refractivity contribution in [2.45, 2.75) is 0 Å². The van der Waals surface area contributed by atoms with E-state index in [0.717, 1.165) is 0 Å². The zero-order chi connectivity index (χ0) is 12.4. The van der Waals surface area contributed by atoms with Crippen molar-refractivity contribution >= 4 is 27.5 Å². The average molecular weight is 295 g/mol. The van der Waals surface area contributed by atoms with E-state index in [1.54, 1.807) is 12.1 Å². The highest BCUT2D eigenvalue weighted by Gasteiger charge is 2.16. The number of nitrogens with two attached hydrogens (primary N) is 1. The van der Waals surface area contributed by atoms with E-state index >= 15 is 0 Å². The Bertz CT molecular complexity index is 586. The van der Waals surface area contributed by atoms with Crippen LogP contribution >= 0.6 is 15.9 Å². The molecule has 0 aliphatic rings. The van der Waals surface area contributed by atoms with Crippen LogP contribution in [0.3, 0.4) is 0 Å². The Morgan fingerprint density at radius 3 is 2.71 bits per heavy atom. The minimum Gasteiger partial charge on any atom is -0.383 e. The Morgan fingerprint density at radius 1 is 1.29 bits per heavy atom. The lowest BCUT2D eigenvalue weighted by atomic mass is 10.0. The molecule has 0 spiro atoms. The van der Waals surface area contributed by atoms with E-state index in [0.29, 0.717) is 4.47 Å². The number of carbonyl (C=O) groups excluding carboxylic acids is 1. The predicted molar refractivity (Wildman–Crippen MR) is 66.2 cm³/mol. The van der Waals surface area contributed by atoms with E-state index in [1.807, 2.05) is 0 Å². The number of nitrogen functional groups attached to an aromatic ring is 1. The lowest BCUT2D eigenvalue weighted by molar-refractivity contribution is 0.103. The van der Waals surface area contributed by atoms with Crippen LogP contribution in [0.1, 0.15) is 15.9 Å². The molecule has 0 aliphatic carbocycles. The largest absolute Gasteiger partial charge is 0.383 e. The Morgan fingerprint density at radius 2 is 2.06 bits per heavy atom. The molecule has 17 heavy (non-hydrogen) atoms. The van der Waals surface area contributed by atoms with Gasteiger partial charge in [0.05, 0.1) is 11.1 Å². The fourth-order valence-corrected chi connectivity index (χ4v) is 1.76. The molecule has 0 amide bonds. The van der Waals surface area contributed by atoms with Crippen LogP contribution in [0, 0.1) is 5.82 Å². The minimum absolute atomic E-state index is 0.0205. The third kappa shape index (κ3) is 2.34. The fraction of sp³-hybridized carbons (Fsp3) is 0. The van der Waals surface area contributed by atoms with Gasteiger partial charge in [-0.25, -0.2) is 9.37 Å². The van der Waals surface area contributed by atoms with Crippen LogP contribution in [-0.2, 0) is 0 Å². The van der Waals surface area contributed by atoms with Crippen LogP contribution in [0.4, 0.5) is 10.2 Å². The number of benzene rings is 1. The molecular weight excluding hydrogens is 287 g/mol. The molecule has 2 rings (SSSR count). The summed E-state index contributed by atoms with van der Waals surface area (Å²) in [6.07, 6.45) is 1.48. The van der Waals surface area contributed by atoms with Crippen molar-refractivity contribution in [3.63, 3.8) is 0 Å². The first-order valence-electron chi connectivity index (χ1n) is 4.80. The van der Waals surface area contributed by atoms with Gasteiger partial charge in [0.25, 0.3) is 0 Å². The quantitative estimate of drug-likeness (QED) is 0.867. The molecule has 0 saturated heterocycles. The summed E-state index contributed by atoms with van der Waals surface area (Å²) in [6, 6.07) is 7.35. The molecule has 0 aliphatic heterocycles. The molecule has 86 valence electrons. The second-order valence-electron chi connectivity index (χ2n) is 3.39. The van der Waals surface area contributed by atoms with Gasteiger partial charge in [0.2, 0.25) is 0 Å². The van der Waals surface area contributed by atoms with Crippen LogP contribution in [0.2, 0.25) is 0 Å². The van der Waals surface area contributed by atoms with Crippen LogP contribution in [0.5, 0.6) is 0 Å². The van der Waals surface area contributed by atoms with Gasteiger partial charge in [-0.2, -0.15) is 0 Å². The zero-order valence-corrected chi connectivity index (χ0v) is 10.2. The number of carbonyl (C=O) groups is 1. The number of rotatable bonds is 2. The third-order valence-electron chi connectivity index (χ3n) is 2.26. The van der Waals surface area contributed by atoms with E-state index in [2.05, 4.69) is 20.9 Å². The highest BCUT2D eigenvalue weighted by atomic mass is 79.9. The van der Waals surface area contributed by atoms with E-state index in [9.17, 15) is 9.18 Å². The summed E-state index contributed by atoms with van der Waals surface area (Å²) in [6.45, 7) is 0. The standard InChI is InChI=1S/C12H8BrFN2O/c13-7-3-4-8(10(14)6-7)11(17)9-2-1-5-16-12(9)15/h1-6H,(H2,15,16). The fourth-order valence-electron chi connectivity index (χ4n) is 1.43. The summed E-state index contributed by atoms with van der Waals surface area (Å²) in [5, 5.41) is 0. The molecule has 3 nitrogen and oxygen atoms in total. The third-order valence-corrected chi connectivity index (χ3v) is 2.75. The van der Waals surface area contributed by atoms with Gasteiger partial charge >= 0.3 is 0 Å². The Kier molecular flexibility index (Phi) is 3.19. The SMILES string of the molecule is Nc1ncccc1C(=O)c1ccc(Br)cc1F. The number of hydrogen-bond acceptors (Lipinski definition) is 3. The number of anilines is 1. The van der Waals surface area contributed by atoms with Crippen LogP contribution in [0.25, 0.3) is 0 Å². The normalized spacial score (nSPS) is 10.2. The van der Waals surface area contributed by atoms with Gasteiger partial charge in [-0.15, -0.1) is 0 Å². The molecule has 0 bridgehead atoms. The van der Waals surface area contributed by atoms with Crippen molar-refractivity contribution in [3.05, 3.63) is 57.9 Å². The average Bonchev–Trinajstić information content (AvgIpc) is 2.29. The van der Waals surface area contributed by atoms with E-state index < -0.39 is 11.6 Å². The lowest BCUT2D eigenvalue weighted by Gasteiger charge is -2.05. The van der Waals surface area contributed by atoms with Crippen LogP contribution < -0.4 is 5.73 Å². The Balaban J connectivity index is 2.48. The number of ketones is 1. The van der Waals surface area contributed by atoms with Gasteiger partial charge in [0, 0.05) is 10.7 Å². The van der Waals surface area contributed by atoms with Crippen molar-refractivity contribution in [3.8, 4) is 0 Å². The minimum atomic E-state index is -0.590. The summed E-state index contributed by atoms with van der Waals surface area (Å²) in [5.41, 5.74) is 5.76. The first kappa shape index (κ1) is 11.7. The number of hydrogen-bond donors (Lipinski definition) is 1. The summed E-state index contributed by atoms with van der Waals surface area (Å²) >= 11 is 3.13. The number of halogens is 2. The summed E-state index contributed by atoms with van der Waals surface area (Å²) in [4.78, 5) is 15.8. The van der Waals surface area contributed by atoms with Crippen LogP contribution in [0.15, 0.2) is 41.0 Å². The highest BCUT2D eigenvalue weighted by Crippen LogP contribution is 2.20. The van der Waals surface area contributed by atoms with Crippen molar-refractivity contribution < 1.29 is 9.18 Å². The first-order valence-corrected chi connectivity index (χ1v) is 5.59. The molecule has 0 unspecified atom stereocenters. The number of pyridine rings is 1. The first-order chi connectivity index (χ1) is 8.09. The second-order valence-corrected chi connectivity index (χ2v) is 4.31. The molecule has 1 aromatic carbocycles. The molecule has 1 aromatic heterocycles. The number of nitrogens with zero attached hydrogens (tertiary/aromatic N) is 1. The topological polar surface area (TPSA) is 56.0 Å². The summed E-state index contributed by atoms with van der Waals surface area (Å²) in [7, 11) is 0. The maximum absolute atomic E-state index is 13.6. The molecule has 1 heterocycles. The number of aromatic nitrogens is 1. The molecule has 0 radical (unpaired) electrons. The maximum atomic E-state index is 13.6. The smallest absolute Gasteiger partial charge is 0.199 e. The van der Waals surface area contributed by atoms with Crippen molar-refractivity contribution in [2.75, 3.05) is 5.73 Å². The van der Waals surface area contributed by atoms with Gasteiger partial charge in [0.15, 0.2) is 5.78 Å². The van der Waals surface area contributed by atoms with E-state index in [4.69, 9.17) is 5.73 Å². The van der Waals surface area contributed by atoms with E-state index in [-0.39, 0.29) is 16.9 Å². The molecule has 0 saturated carbocycles. The predicted octanol–water partition coefficient (Wildman–Crippen LogP) is 2.80.